The summed E-state index contributed by atoms with van der Waals surface area (Å²) >= 11 is 0. The summed E-state index contributed by atoms with van der Waals surface area (Å²) < 4.78 is 5.51. The van der Waals surface area contributed by atoms with Crippen LogP contribution in [0.5, 0.6) is 0 Å². The molecule has 2 unspecified atom stereocenters. The molecule has 0 aromatic carbocycles. The summed E-state index contributed by atoms with van der Waals surface area (Å²) in [7, 11) is 0. The van der Waals surface area contributed by atoms with E-state index in [1.807, 2.05) is 12.1 Å². The molecular weight excluding hydrogens is 194 g/mol. The summed E-state index contributed by atoms with van der Waals surface area (Å²) in [5.74, 6) is -0.867. The van der Waals surface area contributed by atoms with Gasteiger partial charge in [-0.15, -0.1) is 0 Å². The summed E-state index contributed by atoms with van der Waals surface area (Å²) in [5.41, 5.74) is 1.01. The van der Waals surface area contributed by atoms with Gasteiger partial charge in [-0.1, -0.05) is 0 Å². The minimum Gasteiger partial charge on any atom is -0.479 e. The standard InChI is InChI=1S/C11H13NO3/c13-11(14)10-3-1-2-9(15-10)8-4-6-12-7-5-8/h4-7,9-10H,1-3H2,(H,13,14). The second-order valence-corrected chi connectivity index (χ2v) is 3.66. The lowest BCUT2D eigenvalue weighted by Crippen LogP contribution is -2.29. The molecule has 0 radical (unpaired) electrons. The molecule has 1 aliphatic rings. The molecule has 4 heteroatoms. The number of hydrogen-bond acceptors (Lipinski definition) is 3. The van der Waals surface area contributed by atoms with Gasteiger partial charge in [0.25, 0.3) is 0 Å². The zero-order valence-electron chi connectivity index (χ0n) is 8.30. The van der Waals surface area contributed by atoms with E-state index in [2.05, 4.69) is 4.98 Å². The number of carbonyl (C=O) groups is 1. The van der Waals surface area contributed by atoms with E-state index in [-0.39, 0.29) is 6.10 Å². The van der Waals surface area contributed by atoms with Crippen LogP contribution in [-0.2, 0) is 9.53 Å². The molecule has 0 bridgehead atoms. The molecule has 0 spiro atoms. The van der Waals surface area contributed by atoms with Gasteiger partial charge in [0, 0.05) is 12.4 Å². The van der Waals surface area contributed by atoms with E-state index in [4.69, 9.17) is 9.84 Å². The Kier molecular flexibility index (Phi) is 2.97. The normalized spacial score (nSPS) is 26.1. The average molecular weight is 207 g/mol. The average Bonchev–Trinajstić information content (AvgIpc) is 2.30. The van der Waals surface area contributed by atoms with Gasteiger partial charge in [0.1, 0.15) is 0 Å². The number of ether oxygens (including phenoxy) is 1. The lowest BCUT2D eigenvalue weighted by atomic mass is 9.99. The Morgan fingerprint density at radius 1 is 1.40 bits per heavy atom. The Morgan fingerprint density at radius 2 is 2.13 bits per heavy atom. The summed E-state index contributed by atoms with van der Waals surface area (Å²) in [6.45, 7) is 0. The highest BCUT2D eigenvalue weighted by Gasteiger charge is 2.28. The molecule has 0 aliphatic carbocycles. The number of carboxylic acids is 1. The zero-order chi connectivity index (χ0) is 10.7. The number of aromatic nitrogens is 1. The quantitative estimate of drug-likeness (QED) is 0.803. The summed E-state index contributed by atoms with van der Waals surface area (Å²) in [4.78, 5) is 14.7. The predicted octanol–water partition coefficient (Wildman–Crippen LogP) is 1.78. The smallest absolute Gasteiger partial charge is 0.332 e. The van der Waals surface area contributed by atoms with E-state index in [0.29, 0.717) is 6.42 Å². The van der Waals surface area contributed by atoms with Gasteiger partial charge < -0.3 is 9.84 Å². The minimum atomic E-state index is -0.867. The molecule has 4 nitrogen and oxygen atoms in total. The van der Waals surface area contributed by atoms with Crippen molar-refractivity contribution in [2.75, 3.05) is 0 Å². The maximum absolute atomic E-state index is 10.8. The minimum absolute atomic E-state index is 0.0946. The van der Waals surface area contributed by atoms with Gasteiger partial charge in [0.05, 0.1) is 6.10 Å². The SMILES string of the molecule is O=C(O)C1CCCC(c2ccncc2)O1. The zero-order valence-corrected chi connectivity index (χ0v) is 8.30. The van der Waals surface area contributed by atoms with Gasteiger partial charge in [-0.2, -0.15) is 0 Å². The molecule has 1 aromatic rings. The number of rotatable bonds is 2. The van der Waals surface area contributed by atoms with E-state index in [9.17, 15) is 4.79 Å². The van der Waals surface area contributed by atoms with Crippen molar-refractivity contribution in [3.63, 3.8) is 0 Å². The lowest BCUT2D eigenvalue weighted by molar-refractivity contribution is -0.159. The predicted molar refractivity (Wildman–Crippen MR) is 53.3 cm³/mol. The van der Waals surface area contributed by atoms with Crippen LogP contribution in [0.1, 0.15) is 30.9 Å². The Hall–Kier alpha value is -1.42. The van der Waals surface area contributed by atoms with E-state index >= 15 is 0 Å². The Labute approximate surface area is 87.9 Å². The summed E-state index contributed by atoms with van der Waals surface area (Å²) in [5, 5.41) is 8.87. The number of carboxylic acid groups (broad SMARTS) is 1. The molecule has 0 saturated carbocycles. The summed E-state index contributed by atoms with van der Waals surface area (Å²) in [6, 6.07) is 3.74. The van der Waals surface area contributed by atoms with Crippen molar-refractivity contribution in [2.45, 2.75) is 31.5 Å². The topological polar surface area (TPSA) is 59.4 Å². The molecule has 15 heavy (non-hydrogen) atoms. The molecular formula is C11H13NO3. The van der Waals surface area contributed by atoms with Crippen LogP contribution in [0.4, 0.5) is 0 Å². The van der Waals surface area contributed by atoms with Crippen LogP contribution in [0.15, 0.2) is 24.5 Å². The van der Waals surface area contributed by atoms with Gasteiger partial charge >= 0.3 is 5.97 Å². The molecule has 1 aromatic heterocycles. The van der Waals surface area contributed by atoms with Crippen LogP contribution in [0.2, 0.25) is 0 Å². The van der Waals surface area contributed by atoms with Crippen molar-refractivity contribution >= 4 is 5.97 Å². The van der Waals surface area contributed by atoms with Crippen molar-refractivity contribution in [3.05, 3.63) is 30.1 Å². The fraction of sp³-hybridized carbons (Fsp3) is 0.455. The second-order valence-electron chi connectivity index (χ2n) is 3.66. The number of aliphatic carboxylic acids is 1. The first-order valence-corrected chi connectivity index (χ1v) is 5.05. The first-order valence-electron chi connectivity index (χ1n) is 5.05. The highest BCUT2D eigenvalue weighted by molar-refractivity contribution is 5.72. The Balaban J connectivity index is 2.08. The fourth-order valence-electron chi connectivity index (χ4n) is 1.83. The van der Waals surface area contributed by atoms with Crippen LogP contribution >= 0.6 is 0 Å². The van der Waals surface area contributed by atoms with E-state index in [1.54, 1.807) is 12.4 Å². The Morgan fingerprint density at radius 3 is 2.80 bits per heavy atom. The lowest BCUT2D eigenvalue weighted by Gasteiger charge is -2.27. The first-order chi connectivity index (χ1) is 7.27. The van der Waals surface area contributed by atoms with Gasteiger partial charge in [-0.05, 0) is 37.0 Å². The van der Waals surface area contributed by atoms with Gasteiger partial charge in [0.2, 0.25) is 0 Å². The Bertz CT molecular complexity index is 339. The second kappa shape index (κ2) is 4.40. The third-order valence-electron chi connectivity index (χ3n) is 2.61. The van der Waals surface area contributed by atoms with Crippen LogP contribution < -0.4 is 0 Å². The fourth-order valence-corrected chi connectivity index (χ4v) is 1.83. The molecule has 2 atom stereocenters. The molecule has 2 rings (SSSR count). The molecule has 80 valence electrons. The number of nitrogens with zero attached hydrogens (tertiary/aromatic N) is 1. The molecule has 1 aliphatic heterocycles. The van der Waals surface area contributed by atoms with E-state index in [1.165, 1.54) is 0 Å². The highest BCUT2D eigenvalue weighted by Crippen LogP contribution is 2.30. The van der Waals surface area contributed by atoms with Crippen LogP contribution in [0.25, 0.3) is 0 Å². The number of hydrogen-bond donors (Lipinski definition) is 1. The third-order valence-corrected chi connectivity index (χ3v) is 2.61. The molecule has 1 saturated heterocycles. The van der Waals surface area contributed by atoms with Crippen LogP contribution in [0.3, 0.4) is 0 Å². The van der Waals surface area contributed by atoms with E-state index < -0.39 is 12.1 Å². The van der Waals surface area contributed by atoms with E-state index in [0.717, 1.165) is 18.4 Å². The van der Waals surface area contributed by atoms with Gasteiger partial charge in [-0.3, -0.25) is 4.98 Å². The maximum Gasteiger partial charge on any atom is 0.332 e. The largest absolute Gasteiger partial charge is 0.479 e. The molecule has 1 fully saturated rings. The van der Waals surface area contributed by atoms with Gasteiger partial charge in [-0.25, -0.2) is 4.79 Å². The van der Waals surface area contributed by atoms with Crippen molar-refractivity contribution in [3.8, 4) is 0 Å². The highest BCUT2D eigenvalue weighted by atomic mass is 16.5. The van der Waals surface area contributed by atoms with Crippen LogP contribution in [-0.4, -0.2) is 22.2 Å². The molecule has 1 N–H and O–H groups in total. The van der Waals surface area contributed by atoms with Crippen LogP contribution in [0, 0.1) is 0 Å². The van der Waals surface area contributed by atoms with Gasteiger partial charge in [0.15, 0.2) is 6.10 Å². The third kappa shape index (κ3) is 2.33. The van der Waals surface area contributed by atoms with Crippen molar-refractivity contribution in [2.24, 2.45) is 0 Å². The monoisotopic (exact) mass is 207 g/mol. The molecule has 2 heterocycles. The summed E-state index contributed by atoms with van der Waals surface area (Å²) in [6.07, 6.45) is 5.03. The maximum atomic E-state index is 10.8. The van der Waals surface area contributed by atoms with Crippen molar-refractivity contribution < 1.29 is 14.6 Å². The van der Waals surface area contributed by atoms with Crippen molar-refractivity contribution in [1.82, 2.24) is 4.98 Å². The molecule has 0 amide bonds. The number of pyridine rings is 1. The first kappa shape index (κ1) is 10.1. The van der Waals surface area contributed by atoms with Crippen molar-refractivity contribution in [1.29, 1.82) is 0 Å².